The lowest BCUT2D eigenvalue weighted by atomic mass is 9.98. The number of ether oxygens (including phenoxy) is 1. The molecule has 2 aliphatic heterocycles. The molecule has 3 unspecified atom stereocenters. The summed E-state index contributed by atoms with van der Waals surface area (Å²) in [6, 6.07) is 3.10. The van der Waals surface area contributed by atoms with E-state index < -0.39 is 70.2 Å². The van der Waals surface area contributed by atoms with E-state index in [4.69, 9.17) is 4.74 Å². The van der Waals surface area contributed by atoms with Crippen LogP contribution in [0.1, 0.15) is 11.3 Å². The minimum atomic E-state index is -1.87. The van der Waals surface area contributed by atoms with Crippen molar-refractivity contribution in [3.8, 4) is 0 Å². The van der Waals surface area contributed by atoms with Gasteiger partial charge >= 0.3 is 0 Å². The molecule has 0 spiro atoms. The first kappa shape index (κ1) is 24.6. The maximum atomic E-state index is 15.3. The first-order chi connectivity index (χ1) is 16.2. The lowest BCUT2D eigenvalue weighted by Crippen LogP contribution is -2.57. The summed E-state index contributed by atoms with van der Waals surface area (Å²) in [4.78, 5) is 2.89. The number of aryl methyl sites for hydroxylation is 1. The van der Waals surface area contributed by atoms with Gasteiger partial charge in [-0.15, -0.1) is 0 Å². The number of nitrogens with zero attached hydrogens (tertiary/aromatic N) is 2. The molecule has 1 aromatic heterocycles. The summed E-state index contributed by atoms with van der Waals surface area (Å²) < 4.78 is 67.6. The summed E-state index contributed by atoms with van der Waals surface area (Å²) in [5.41, 5.74) is -2.43. The molecule has 0 amide bonds. The monoisotopic (exact) mass is 500 g/mol. The number of halogens is 4. The third-order valence-electron chi connectivity index (χ3n) is 5.57. The molecule has 1 saturated heterocycles. The zero-order chi connectivity index (χ0) is 24.7. The average Bonchev–Trinajstić information content (AvgIpc) is 3.50. The number of aliphatic imine (C=N–C) groups is 1. The first-order valence-corrected chi connectivity index (χ1v) is 11.0. The standard InChI is InChI=1S/C22H20F4N2O5S/c1-28-7-3-5-10(28)12(9-4-2-6-27-9)13-14(23)16(25)21(17(26)15(13)24)34-22-20(32)19(31)18(30)11(8-29)33-22/h2-7,11,18-20,22,29-32H,8H2,1H3/b12-9+/t11?,18-,19?,20?,22+/m1/s1. The van der Waals surface area contributed by atoms with Gasteiger partial charge in [0.1, 0.15) is 29.9 Å². The van der Waals surface area contributed by atoms with E-state index in [2.05, 4.69) is 4.99 Å². The van der Waals surface area contributed by atoms with Crippen LogP contribution < -0.4 is 0 Å². The Morgan fingerprint density at radius 1 is 1.06 bits per heavy atom. The molecule has 34 heavy (non-hydrogen) atoms. The van der Waals surface area contributed by atoms with Gasteiger partial charge in [-0.1, -0.05) is 11.8 Å². The molecular weight excluding hydrogens is 480 g/mol. The number of hydrogen-bond acceptors (Lipinski definition) is 7. The molecule has 5 atom stereocenters. The number of aromatic nitrogens is 1. The van der Waals surface area contributed by atoms with Crippen LogP contribution in [0.2, 0.25) is 0 Å². The number of allylic oxidation sites excluding steroid dienone is 2. The summed E-state index contributed by atoms with van der Waals surface area (Å²) in [7, 11) is 1.59. The molecule has 4 N–H and O–H groups in total. The summed E-state index contributed by atoms with van der Waals surface area (Å²) in [5, 5.41) is 39.2. The van der Waals surface area contributed by atoms with Crippen molar-refractivity contribution in [2.24, 2.45) is 12.0 Å². The second-order valence-corrected chi connectivity index (χ2v) is 8.79. The minimum absolute atomic E-state index is 0.0831. The molecule has 0 bridgehead atoms. The zero-order valence-electron chi connectivity index (χ0n) is 17.6. The Balaban J connectivity index is 1.81. The van der Waals surface area contributed by atoms with Crippen molar-refractivity contribution in [2.45, 2.75) is 34.7 Å². The predicted molar refractivity (Wildman–Crippen MR) is 115 cm³/mol. The largest absolute Gasteiger partial charge is 0.394 e. The van der Waals surface area contributed by atoms with Gasteiger partial charge in [-0.2, -0.15) is 0 Å². The summed E-state index contributed by atoms with van der Waals surface area (Å²) in [6.07, 6.45) is -0.874. The second-order valence-electron chi connectivity index (χ2n) is 7.68. The fourth-order valence-corrected chi connectivity index (χ4v) is 4.89. The Hall–Kier alpha value is -2.48. The second kappa shape index (κ2) is 9.64. The van der Waals surface area contributed by atoms with E-state index in [0.29, 0.717) is 0 Å². The van der Waals surface area contributed by atoms with Crippen LogP contribution in [-0.2, 0) is 11.8 Å². The molecule has 0 aliphatic carbocycles. The van der Waals surface area contributed by atoms with Crippen LogP contribution in [0.5, 0.6) is 0 Å². The number of aliphatic hydroxyl groups is 4. The Kier molecular flexibility index (Phi) is 6.99. The van der Waals surface area contributed by atoms with Crippen LogP contribution >= 0.6 is 11.8 Å². The van der Waals surface area contributed by atoms with E-state index in [1.54, 1.807) is 19.3 Å². The molecule has 3 heterocycles. The highest BCUT2D eigenvalue weighted by Gasteiger charge is 2.45. The van der Waals surface area contributed by atoms with Gasteiger partial charge in [-0.3, -0.25) is 4.99 Å². The van der Waals surface area contributed by atoms with Gasteiger partial charge in [0.15, 0.2) is 23.3 Å². The van der Waals surface area contributed by atoms with Gasteiger partial charge in [-0.05, 0) is 24.3 Å². The molecule has 1 fully saturated rings. The maximum absolute atomic E-state index is 15.3. The fraction of sp³-hybridized carbons (Fsp3) is 0.318. The molecule has 2 aliphatic rings. The zero-order valence-corrected chi connectivity index (χ0v) is 18.4. The summed E-state index contributed by atoms with van der Waals surface area (Å²) >= 11 is 0.0831. The molecule has 0 radical (unpaired) electrons. The Morgan fingerprint density at radius 2 is 1.74 bits per heavy atom. The van der Waals surface area contributed by atoms with Crippen molar-refractivity contribution >= 4 is 23.5 Å². The number of thioether (sulfide) groups is 1. The predicted octanol–water partition coefficient (Wildman–Crippen LogP) is 1.87. The van der Waals surface area contributed by atoms with Crippen molar-refractivity contribution in [1.82, 2.24) is 4.57 Å². The van der Waals surface area contributed by atoms with Crippen LogP contribution in [0, 0.1) is 23.3 Å². The SMILES string of the molecule is Cn1cccc1/C(=C1/C=CC=N1)c1c(F)c(F)c(S[C@@H]2OC(CO)[C@@H](O)C(O)C2O)c(F)c1F. The van der Waals surface area contributed by atoms with Crippen molar-refractivity contribution in [2.75, 3.05) is 6.61 Å². The molecular formula is C22H20F4N2O5S. The molecule has 182 valence electrons. The molecule has 7 nitrogen and oxygen atoms in total. The Morgan fingerprint density at radius 3 is 2.26 bits per heavy atom. The quantitative estimate of drug-likeness (QED) is 0.369. The van der Waals surface area contributed by atoms with E-state index in [0.717, 1.165) is 0 Å². The Labute approximate surface area is 195 Å². The van der Waals surface area contributed by atoms with Crippen LogP contribution in [0.3, 0.4) is 0 Å². The number of rotatable bonds is 5. The summed E-state index contributed by atoms with van der Waals surface area (Å²) in [5.74, 6) is -6.86. The molecule has 1 aromatic carbocycles. The fourth-order valence-electron chi connectivity index (χ4n) is 3.77. The van der Waals surface area contributed by atoms with Crippen LogP contribution in [0.15, 0.2) is 46.1 Å². The normalized spacial score (nSPS) is 28.1. The lowest BCUT2D eigenvalue weighted by Gasteiger charge is -2.39. The highest BCUT2D eigenvalue weighted by Crippen LogP contribution is 2.42. The first-order valence-electron chi connectivity index (χ1n) is 10.1. The van der Waals surface area contributed by atoms with E-state index in [-0.39, 0.29) is 28.7 Å². The molecule has 12 heteroatoms. The molecule has 2 aromatic rings. The van der Waals surface area contributed by atoms with Crippen molar-refractivity contribution in [1.29, 1.82) is 0 Å². The topological polar surface area (TPSA) is 107 Å². The number of aliphatic hydroxyl groups excluding tert-OH is 4. The highest BCUT2D eigenvalue weighted by atomic mass is 32.2. The smallest absolute Gasteiger partial charge is 0.176 e. The van der Waals surface area contributed by atoms with Crippen LogP contribution in [0.25, 0.3) is 5.57 Å². The summed E-state index contributed by atoms with van der Waals surface area (Å²) in [6.45, 7) is -0.781. The Bertz CT molecular complexity index is 1150. The average molecular weight is 500 g/mol. The van der Waals surface area contributed by atoms with Gasteiger partial charge in [0.25, 0.3) is 0 Å². The van der Waals surface area contributed by atoms with Crippen molar-refractivity contribution in [3.63, 3.8) is 0 Å². The number of hydrogen-bond donors (Lipinski definition) is 4. The van der Waals surface area contributed by atoms with Gasteiger partial charge < -0.3 is 29.7 Å². The van der Waals surface area contributed by atoms with Gasteiger partial charge in [0.05, 0.1) is 28.5 Å². The van der Waals surface area contributed by atoms with Gasteiger partial charge in [0.2, 0.25) is 0 Å². The van der Waals surface area contributed by atoms with E-state index in [9.17, 15) is 20.4 Å². The molecule has 4 rings (SSSR count). The maximum Gasteiger partial charge on any atom is 0.176 e. The van der Waals surface area contributed by atoms with Gasteiger partial charge in [0, 0.05) is 25.0 Å². The van der Waals surface area contributed by atoms with Crippen molar-refractivity contribution < 1.29 is 42.7 Å². The minimum Gasteiger partial charge on any atom is -0.394 e. The van der Waals surface area contributed by atoms with Crippen LogP contribution in [0.4, 0.5) is 17.6 Å². The third kappa shape index (κ3) is 4.10. The molecule has 0 saturated carbocycles. The third-order valence-corrected chi connectivity index (χ3v) is 6.78. The van der Waals surface area contributed by atoms with Crippen LogP contribution in [-0.4, -0.2) is 67.7 Å². The lowest BCUT2D eigenvalue weighted by molar-refractivity contribution is -0.205. The van der Waals surface area contributed by atoms with E-state index in [1.165, 1.54) is 29.0 Å². The number of benzene rings is 1. The van der Waals surface area contributed by atoms with E-state index >= 15 is 17.6 Å². The highest BCUT2D eigenvalue weighted by molar-refractivity contribution is 7.99. The van der Waals surface area contributed by atoms with Crippen molar-refractivity contribution in [3.05, 3.63) is 70.7 Å². The van der Waals surface area contributed by atoms with Gasteiger partial charge in [-0.25, -0.2) is 17.6 Å². The van der Waals surface area contributed by atoms with E-state index in [1.807, 2.05) is 0 Å².